The molecule has 3 amide bonds. The molecule has 31 heavy (non-hydrogen) atoms. The summed E-state index contributed by atoms with van der Waals surface area (Å²) < 4.78 is 14.0. The average molecular weight is 423 g/mol. The number of nitrogens with one attached hydrogen (secondary N) is 2. The molecule has 2 N–H and O–H groups in total. The van der Waals surface area contributed by atoms with Gasteiger partial charge < -0.3 is 15.5 Å². The van der Waals surface area contributed by atoms with Crippen LogP contribution in [-0.4, -0.2) is 47.8 Å². The number of piperidine rings is 1. The number of hydrogen-bond donors (Lipinski definition) is 2. The van der Waals surface area contributed by atoms with E-state index in [1.165, 1.54) is 12.1 Å². The quantitative estimate of drug-likeness (QED) is 0.750. The van der Waals surface area contributed by atoms with Gasteiger partial charge in [-0.1, -0.05) is 30.3 Å². The highest BCUT2D eigenvalue weighted by atomic mass is 19.1. The molecule has 2 aromatic carbocycles. The van der Waals surface area contributed by atoms with E-state index in [0.717, 1.165) is 12.8 Å². The molecule has 1 saturated heterocycles. The van der Waals surface area contributed by atoms with Crippen molar-refractivity contribution in [3.8, 4) is 0 Å². The largest absolute Gasteiger partial charge is 0.352 e. The third-order valence-electron chi connectivity index (χ3n) is 5.93. The lowest BCUT2D eigenvalue weighted by atomic mass is 9.88. The Morgan fingerprint density at radius 1 is 0.903 bits per heavy atom. The third-order valence-corrected chi connectivity index (χ3v) is 5.93. The van der Waals surface area contributed by atoms with Gasteiger partial charge in [0, 0.05) is 24.7 Å². The van der Waals surface area contributed by atoms with Crippen molar-refractivity contribution in [2.75, 3.05) is 13.1 Å². The van der Waals surface area contributed by atoms with Crippen molar-refractivity contribution in [2.45, 2.75) is 37.8 Å². The molecule has 1 atom stereocenters. The number of carbonyl (C=O) groups excluding carboxylic acids is 3. The van der Waals surface area contributed by atoms with Crippen LogP contribution in [-0.2, 0) is 4.79 Å². The highest BCUT2D eigenvalue weighted by Crippen LogP contribution is 2.25. The van der Waals surface area contributed by atoms with Crippen molar-refractivity contribution < 1.29 is 18.8 Å². The molecule has 2 fully saturated rings. The molecule has 1 heterocycles. The molecule has 1 saturated carbocycles. The Labute approximate surface area is 180 Å². The zero-order chi connectivity index (χ0) is 21.8. The van der Waals surface area contributed by atoms with Crippen LogP contribution in [0.1, 0.15) is 46.4 Å². The van der Waals surface area contributed by atoms with Crippen LogP contribution in [0.4, 0.5) is 4.39 Å². The summed E-state index contributed by atoms with van der Waals surface area (Å²) in [4.78, 5) is 39.9. The molecule has 0 unspecified atom stereocenters. The molecule has 0 radical (unpaired) electrons. The Morgan fingerprint density at radius 2 is 1.55 bits per heavy atom. The number of halogens is 1. The summed E-state index contributed by atoms with van der Waals surface area (Å²) >= 11 is 0. The van der Waals surface area contributed by atoms with Gasteiger partial charge in [0.15, 0.2) is 0 Å². The summed E-state index contributed by atoms with van der Waals surface area (Å²) in [7, 11) is 0. The number of hydrogen-bond acceptors (Lipinski definition) is 3. The topological polar surface area (TPSA) is 78.5 Å². The van der Waals surface area contributed by atoms with Gasteiger partial charge in [-0.2, -0.15) is 0 Å². The first-order valence-electron chi connectivity index (χ1n) is 10.7. The van der Waals surface area contributed by atoms with Gasteiger partial charge in [0.2, 0.25) is 5.91 Å². The minimum absolute atomic E-state index is 0.0568. The predicted molar refractivity (Wildman–Crippen MR) is 114 cm³/mol. The molecule has 6 nitrogen and oxygen atoms in total. The zero-order valence-electron chi connectivity index (χ0n) is 17.2. The SMILES string of the molecule is O=C(N[C@@H](C(=O)NC1CC1)C1CCN(C(=O)c2ccccc2F)CC1)c1ccccc1. The smallest absolute Gasteiger partial charge is 0.256 e. The lowest BCUT2D eigenvalue weighted by Gasteiger charge is -2.36. The maximum absolute atomic E-state index is 14.0. The standard InChI is InChI=1S/C24H26FN3O3/c25-20-9-5-4-8-19(20)24(31)28-14-12-16(13-15-28)21(23(30)26-18-10-11-18)27-22(29)17-6-2-1-3-7-17/h1-9,16,18,21H,10-15H2,(H,26,30)(H,27,29)/t21-/m1/s1. The molecule has 0 bridgehead atoms. The van der Waals surface area contributed by atoms with Crippen LogP contribution in [0, 0.1) is 11.7 Å². The fourth-order valence-electron chi connectivity index (χ4n) is 3.97. The summed E-state index contributed by atoms with van der Waals surface area (Å²) in [6.45, 7) is 0.818. The van der Waals surface area contributed by atoms with Gasteiger partial charge in [-0.25, -0.2) is 4.39 Å². The zero-order valence-corrected chi connectivity index (χ0v) is 17.2. The minimum atomic E-state index is -0.668. The molecular formula is C24H26FN3O3. The van der Waals surface area contributed by atoms with E-state index in [9.17, 15) is 18.8 Å². The average Bonchev–Trinajstić information content (AvgIpc) is 3.62. The molecular weight excluding hydrogens is 397 g/mol. The Bertz CT molecular complexity index is 954. The molecule has 4 rings (SSSR count). The molecule has 2 aromatic rings. The highest BCUT2D eigenvalue weighted by molar-refractivity contribution is 5.98. The minimum Gasteiger partial charge on any atom is -0.352 e. The summed E-state index contributed by atoms with van der Waals surface area (Å²) in [6.07, 6.45) is 3.03. The Kier molecular flexibility index (Phi) is 6.30. The van der Waals surface area contributed by atoms with Crippen LogP contribution in [0.25, 0.3) is 0 Å². The van der Waals surface area contributed by atoms with Gasteiger partial charge in [0.1, 0.15) is 11.9 Å². The second-order valence-corrected chi connectivity index (χ2v) is 8.21. The van der Waals surface area contributed by atoms with E-state index in [4.69, 9.17) is 0 Å². The van der Waals surface area contributed by atoms with Gasteiger partial charge in [-0.15, -0.1) is 0 Å². The molecule has 1 aliphatic carbocycles. The Morgan fingerprint density at radius 3 is 2.19 bits per heavy atom. The second kappa shape index (κ2) is 9.29. The van der Waals surface area contributed by atoms with Gasteiger partial charge in [-0.05, 0) is 55.9 Å². The summed E-state index contributed by atoms with van der Waals surface area (Å²) in [5.41, 5.74) is 0.556. The van der Waals surface area contributed by atoms with Gasteiger partial charge in [-0.3, -0.25) is 14.4 Å². The van der Waals surface area contributed by atoms with E-state index in [1.54, 1.807) is 41.3 Å². The number of likely N-dealkylation sites (tertiary alicyclic amines) is 1. The first-order chi connectivity index (χ1) is 15.0. The van der Waals surface area contributed by atoms with E-state index in [0.29, 0.717) is 31.5 Å². The van der Waals surface area contributed by atoms with Crippen molar-refractivity contribution in [2.24, 2.45) is 5.92 Å². The molecule has 1 aliphatic heterocycles. The van der Waals surface area contributed by atoms with Crippen LogP contribution in [0.2, 0.25) is 0 Å². The van der Waals surface area contributed by atoms with Crippen molar-refractivity contribution >= 4 is 17.7 Å². The highest BCUT2D eigenvalue weighted by Gasteiger charge is 2.36. The van der Waals surface area contributed by atoms with Crippen molar-refractivity contribution in [3.05, 3.63) is 71.5 Å². The first-order valence-corrected chi connectivity index (χ1v) is 10.7. The lowest BCUT2D eigenvalue weighted by Crippen LogP contribution is -2.54. The molecule has 0 spiro atoms. The predicted octanol–water partition coefficient (Wildman–Crippen LogP) is 2.76. The lowest BCUT2D eigenvalue weighted by molar-refractivity contribution is -0.124. The summed E-state index contributed by atoms with van der Waals surface area (Å²) in [5, 5.41) is 5.90. The normalized spacial score (nSPS) is 17.6. The van der Waals surface area contributed by atoms with Crippen LogP contribution < -0.4 is 10.6 Å². The molecule has 7 heteroatoms. The van der Waals surface area contributed by atoms with E-state index < -0.39 is 11.9 Å². The van der Waals surface area contributed by atoms with E-state index in [1.807, 2.05) is 6.07 Å². The summed E-state index contributed by atoms with van der Waals surface area (Å²) in [5.74, 6) is -1.45. The van der Waals surface area contributed by atoms with Crippen LogP contribution in [0.15, 0.2) is 54.6 Å². The number of carbonyl (C=O) groups is 3. The fraction of sp³-hybridized carbons (Fsp3) is 0.375. The van der Waals surface area contributed by atoms with Gasteiger partial charge in [0.25, 0.3) is 11.8 Å². The monoisotopic (exact) mass is 423 g/mol. The number of benzene rings is 2. The number of nitrogens with zero attached hydrogens (tertiary/aromatic N) is 1. The fourth-order valence-corrected chi connectivity index (χ4v) is 3.97. The number of amides is 3. The Hall–Kier alpha value is -3.22. The summed E-state index contributed by atoms with van der Waals surface area (Å²) in [6, 6.07) is 14.3. The van der Waals surface area contributed by atoms with E-state index in [-0.39, 0.29) is 35.2 Å². The molecule has 162 valence electrons. The van der Waals surface area contributed by atoms with Gasteiger partial charge >= 0.3 is 0 Å². The van der Waals surface area contributed by atoms with E-state index in [2.05, 4.69) is 10.6 Å². The van der Waals surface area contributed by atoms with Crippen molar-refractivity contribution in [1.29, 1.82) is 0 Å². The van der Waals surface area contributed by atoms with E-state index >= 15 is 0 Å². The van der Waals surface area contributed by atoms with Crippen LogP contribution in [0.3, 0.4) is 0 Å². The molecule has 2 aliphatic rings. The second-order valence-electron chi connectivity index (χ2n) is 8.21. The first kappa shape index (κ1) is 21.0. The number of rotatable bonds is 6. The van der Waals surface area contributed by atoms with Crippen molar-refractivity contribution in [1.82, 2.24) is 15.5 Å². The maximum atomic E-state index is 14.0. The maximum Gasteiger partial charge on any atom is 0.256 e. The van der Waals surface area contributed by atoms with Crippen LogP contribution in [0.5, 0.6) is 0 Å². The molecule has 0 aromatic heterocycles. The van der Waals surface area contributed by atoms with Gasteiger partial charge in [0.05, 0.1) is 5.56 Å². The Balaban J connectivity index is 1.42. The van der Waals surface area contributed by atoms with Crippen molar-refractivity contribution in [3.63, 3.8) is 0 Å². The van der Waals surface area contributed by atoms with Crippen LogP contribution >= 0.6 is 0 Å². The third kappa shape index (κ3) is 5.10.